The molecule has 0 aliphatic rings. The zero-order valence-corrected chi connectivity index (χ0v) is 15.3. The Morgan fingerprint density at radius 3 is 1.92 bits per heavy atom. The van der Waals surface area contributed by atoms with Gasteiger partial charge in [-0.15, -0.1) is 0 Å². The molecule has 0 fully saturated rings. The number of hydrogen-bond donors (Lipinski definition) is 0. The van der Waals surface area contributed by atoms with Crippen LogP contribution in [0.15, 0.2) is 72.8 Å². The normalized spacial score (nSPS) is 11.3. The lowest BCUT2D eigenvalue weighted by atomic mass is 10.1. The standard InChI is InChI=1S/C23H28O2/c1-3-5-7-9-19-25-23-16-12-21(13-17-23)20-10-14-22(15-11-20)24-18-8-6-4-2/h3,5,7,9-17H,4,6,8,18-19H2,1-2H3. The highest BCUT2D eigenvalue weighted by atomic mass is 16.5. The fourth-order valence-corrected chi connectivity index (χ4v) is 2.42. The molecule has 0 heterocycles. The molecular weight excluding hydrogens is 308 g/mol. The van der Waals surface area contributed by atoms with E-state index >= 15 is 0 Å². The van der Waals surface area contributed by atoms with Gasteiger partial charge in [-0.2, -0.15) is 0 Å². The van der Waals surface area contributed by atoms with Gasteiger partial charge in [0.05, 0.1) is 6.61 Å². The second kappa shape index (κ2) is 11.1. The highest BCUT2D eigenvalue weighted by molar-refractivity contribution is 5.64. The predicted molar refractivity (Wildman–Crippen MR) is 106 cm³/mol. The molecule has 0 aromatic heterocycles. The summed E-state index contributed by atoms with van der Waals surface area (Å²) in [6.07, 6.45) is 11.5. The van der Waals surface area contributed by atoms with Crippen molar-refractivity contribution in [3.63, 3.8) is 0 Å². The molecule has 2 heteroatoms. The van der Waals surface area contributed by atoms with Crippen molar-refractivity contribution < 1.29 is 9.47 Å². The SMILES string of the molecule is CC=CC=CCOc1ccc(-c2ccc(OCCCCC)cc2)cc1. The van der Waals surface area contributed by atoms with Gasteiger partial charge in [-0.05, 0) is 54.8 Å². The fraction of sp³-hybridized carbons (Fsp3) is 0.304. The van der Waals surface area contributed by atoms with Crippen LogP contribution >= 0.6 is 0 Å². The van der Waals surface area contributed by atoms with Crippen molar-refractivity contribution in [2.45, 2.75) is 33.1 Å². The van der Waals surface area contributed by atoms with Crippen LogP contribution < -0.4 is 9.47 Å². The van der Waals surface area contributed by atoms with E-state index in [9.17, 15) is 0 Å². The van der Waals surface area contributed by atoms with Crippen LogP contribution in [-0.4, -0.2) is 13.2 Å². The number of ether oxygens (including phenoxy) is 2. The van der Waals surface area contributed by atoms with E-state index in [-0.39, 0.29) is 0 Å². The summed E-state index contributed by atoms with van der Waals surface area (Å²) in [6, 6.07) is 16.5. The van der Waals surface area contributed by atoms with E-state index in [4.69, 9.17) is 9.47 Å². The highest BCUT2D eigenvalue weighted by Crippen LogP contribution is 2.24. The average Bonchev–Trinajstić information content (AvgIpc) is 2.66. The molecule has 0 atom stereocenters. The Balaban J connectivity index is 1.86. The minimum absolute atomic E-state index is 0.577. The van der Waals surface area contributed by atoms with E-state index in [1.165, 1.54) is 24.0 Å². The van der Waals surface area contributed by atoms with E-state index in [2.05, 4.69) is 31.2 Å². The van der Waals surface area contributed by atoms with Crippen molar-refractivity contribution in [2.24, 2.45) is 0 Å². The Hall–Kier alpha value is -2.48. The number of rotatable bonds is 10. The van der Waals surface area contributed by atoms with Crippen LogP contribution in [0.25, 0.3) is 11.1 Å². The second-order valence-corrected chi connectivity index (χ2v) is 5.87. The van der Waals surface area contributed by atoms with Crippen LogP contribution in [0.1, 0.15) is 33.1 Å². The van der Waals surface area contributed by atoms with Gasteiger partial charge in [-0.3, -0.25) is 0 Å². The highest BCUT2D eigenvalue weighted by Gasteiger charge is 2.00. The third-order valence-corrected chi connectivity index (χ3v) is 3.84. The van der Waals surface area contributed by atoms with Crippen molar-refractivity contribution in [1.82, 2.24) is 0 Å². The molecule has 0 aliphatic heterocycles. The lowest BCUT2D eigenvalue weighted by Crippen LogP contribution is -1.96. The van der Waals surface area contributed by atoms with E-state index in [0.29, 0.717) is 6.61 Å². The van der Waals surface area contributed by atoms with Gasteiger partial charge in [0, 0.05) is 0 Å². The Labute approximate surface area is 151 Å². The first-order valence-electron chi connectivity index (χ1n) is 9.07. The van der Waals surface area contributed by atoms with Crippen molar-refractivity contribution in [3.05, 3.63) is 72.8 Å². The van der Waals surface area contributed by atoms with Crippen LogP contribution in [0.5, 0.6) is 11.5 Å². The Morgan fingerprint density at radius 1 is 0.760 bits per heavy atom. The third kappa shape index (κ3) is 6.88. The van der Waals surface area contributed by atoms with Crippen LogP contribution in [0, 0.1) is 0 Å². The van der Waals surface area contributed by atoms with Crippen LogP contribution in [0.3, 0.4) is 0 Å². The van der Waals surface area contributed by atoms with Gasteiger partial charge in [-0.1, -0.05) is 62.3 Å². The zero-order valence-electron chi connectivity index (χ0n) is 15.3. The summed E-state index contributed by atoms with van der Waals surface area (Å²) in [4.78, 5) is 0. The molecule has 0 saturated heterocycles. The first-order valence-corrected chi connectivity index (χ1v) is 9.07. The summed E-state index contributed by atoms with van der Waals surface area (Å²) in [6.45, 7) is 5.57. The molecule has 25 heavy (non-hydrogen) atoms. The Morgan fingerprint density at radius 2 is 1.36 bits per heavy atom. The molecule has 0 N–H and O–H groups in total. The quantitative estimate of drug-likeness (QED) is 0.367. The maximum atomic E-state index is 5.76. The molecule has 2 nitrogen and oxygen atoms in total. The summed E-state index contributed by atoms with van der Waals surface area (Å²) in [5, 5.41) is 0. The van der Waals surface area contributed by atoms with Gasteiger partial charge in [0.2, 0.25) is 0 Å². The largest absolute Gasteiger partial charge is 0.494 e. The van der Waals surface area contributed by atoms with Crippen molar-refractivity contribution >= 4 is 0 Å². The molecular formula is C23H28O2. The van der Waals surface area contributed by atoms with Gasteiger partial charge in [0.1, 0.15) is 18.1 Å². The summed E-state index contributed by atoms with van der Waals surface area (Å²) in [7, 11) is 0. The molecule has 2 rings (SSSR count). The topological polar surface area (TPSA) is 18.5 Å². The minimum atomic E-state index is 0.577. The smallest absolute Gasteiger partial charge is 0.119 e. The Bertz CT molecular complexity index is 651. The van der Waals surface area contributed by atoms with Gasteiger partial charge < -0.3 is 9.47 Å². The molecule has 2 aromatic carbocycles. The zero-order chi connectivity index (χ0) is 17.7. The maximum Gasteiger partial charge on any atom is 0.119 e. The van der Waals surface area contributed by atoms with E-state index < -0.39 is 0 Å². The fourth-order valence-electron chi connectivity index (χ4n) is 2.42. The third-order valence-electron chi connectivity index (χ3n) is 3.84. The average molecular weight is 336 g/mol. The van der Waals surface area contributed by atoms with E-state index in [0.717, 1.165) is 24.5 Å². The monoisotopic (exact) mass is 336 g/mol. The molecule has 0 radical (unpaired) electrons. The molecule has 0 bridgehead atoms. The molecule has 2 aromatic rings. The van der Waals surface area contributed by atoms with Gasteiger partial charge in [0.15, 0.2) is 0 Å². The lowest BCUT2D eigenvalue weighted by Gasteiger charge is -2.08. The molecule has 132 valence electrons. The van der Waals surface area contributed by atoms with Crippen LogP contribution in [0.4, 0.5) is 0 Å². The number of hydrogen-bond acceptors (Lipinski definition) is 2. The molecule has 0 saturated carbocycles. The van der Waals surface area contributed by atoms with Crippen molar-refractivity contribution in [3.8, 4) is 22.6 Å². The minimum Gasteiger partial charge on any atom is -0.494 e. The first-order chi connectivity index (χ1) is 12.3. The summed E-state index contributed by atoms with van der Waals surface area (Å²) in [5.74, 6) is 1.82. The number of allylic oxidation sites excluding steroid dienone is 3. The summed E-state index contributed by atoms with van der Waals surface area (Å²) in [5.41, 5.74) is 2.36. The lowest BCUT2D eigenvalue weighted by molar-refractivity contribution is 0.306. The van der Waals surface area contributed by atoms with Gasteiger partial charge in [-0.25, -0.2) is 0 Å². The maximum absolute atomic E-state index is 5.76. The summed E-state index contributed by atoms with van der Waals surface area (Å²) >= 11 is 0. The Kier molecular flexibility index (Phi) is 8.40. The van der Waals surface area contributed by atoms with E-state index in [1.807, 2.05) is 55.5 Å². The van der Waals surface area contributed by atoms with Crippen molar-refractivity contribution in [1.29, 1.82) is 0 Å². The van der Waals surface area contributed by atoms with Crippen LogP contribution in [0.2, 0.25) is 0 Å². The van der Waals surface area contributed by atoms with Gasteiger partial charge in [0.25, 0.3) is 0 Å². The first kappa shape index (κ1) is 18.9. The second-order valence-electron chi connectivity index (χ2n) is 5.87. The predicted octanol–water partition coefficient (Wildman–Crippen LogP) is 6.43. The molecule has 0 aliphatic carbocycles. The molecule has 0 unspecified atom stereocenters. The number of unbranched alkanes of at least 4 members (excludes halogenated alkanes) is 2. The van der Waals surface area contributed by atoms with E-state index in [1.54, 1.807) is 0 Å². The summed E-state index contributed by atoms with van der Waals surface area (Å²) < 4.78 is 11.4. The number of benzene rings is 2. The van der Waals surface area contributed by atoms with Crippen molar-refractivity contribution in [2.75, 3.05) is 13.2 Å². The molecule has 0 amide bonds. The van der Waals surface area contributed by atoms with Gasteiger partial charge >= 0.3 is 0 Å². The van der Waals surface area contributed by atoms with Crippen LogP contribution in [-0.2, 0) is 0 Å². The molecule has 0 spiro atoms.